The Balaban J connectivity index is 1.75. The van der Waals surface area contributed by atoms with Crippen molar-refractivity contribution in [2.45, 2.75) is 69.9 Å². The van der Waals surface area contributed by atoms with Crippen LogP contribution in [0.1, 0.15) is 69.9 Å². The Labute approximate surface area is 146 Å². The molecule has 2 aromatic rings. The van der Waals surface area contributed by atoms with Gasteiger partial charge in [0.15, 0.2) is 5.82 Å². The van der Waals surface area contributed by atoms with E-state index in [2.05, 4.69) is 10.3 Å². The molecule has 2 aliphatic rings. The topological polar surface area (TPSA) is 67.2 Å². The van der Waals surface area contributed by atoms with Crippen molar-refractivity contribution in [1.82, 2.24) is 9.55 Å². The lowest BCUT2D eigenvalue weighted by Crippen LogP contribution is -2.29. The third-order valence-electron chi connectivity index (χ3n) is 5.12. The molecule has 1 heterocycles. The Kier molecular flexibility index (Phi) is 3.83. The largest absolute Gasteiger partial charge is 0.390 e. The second-order valence-electron chi connectivity index (χ2n) is 8.04. The molecule has 1 aromatic carbocycles. The standard InChI is InChI=1S/C19H24FN3O2/c1-19(2,25)10-15(24)22-18-21-14-9-8-13(11-6-7-11)16(20)17(14)23(18)12-4-3-5-12/h8-9,11-12,25H,3-7,10H2,1-2H3,(H,21,22,24). The molecule has 0 spiro atoms. The number of aliphatic hydroxyl groups is 1. The molecule has 25 heavy (non-hydrogen) atoms. The van der Waals surface area contributed by atoms with E-state index < -0.39 is 5.60 Å². The van der Waals surface area contributed by atoms with Crippen molar-refractivity contribution >= 4 is 22.9 Å². The van der Waals surface area contributed by atoms with Crippen molar-refractivity contribution in [2.75, 3.05) is 5.32 Å². The zero-order chi connectivity index (χ0) is 17.8. The summed E-state index contributed by atoms with van der Waals surface area (Å²) in [4.78, 5) is 16.7. The van der Waals surface area contributed by atoms with E-state index in [1.165, 1.54) is 0 Å². The van der Waals surface area contributed by atoms with E-state index in [1.807, 2.05) is 16.7 Å². The number of hydrogen-bond donors (Lipinski definition) is 2. The van der Waals surface area contributed by atoms with E-state index in [4.69, 9.17) is 0 Å². The lowest BCUT2D eigenvalue weighted by Gasteiger charge is -2.29. The maximum Gasteiger partial charge on any atom is 0.229 e. The number of fused-ring (bicyclic) bond motifs is 1. The molecule has 2 fully saturated rings. The minimum absolute atomic E-state index is 0.0311. The van der Waals surface area contributed by atoms with Crippen molar-refractivity contribution in [3.8, 4) is 0 Å². The highest BCUT2D eigenvalue weighted by atomic mass is 19.1. The van der Waals surface area contributed by atoms with Gasteiger partial charge in [-0.05, 0) is 63.5 Å². The van der Waals surface area contributed by atoms with Crippen molar-refractivity contribution in [2.24, 2.45) is 0 Å². The van der Waals surface area contributed by atoms with Crippen LogP contribution in [0.15, 0.2) is 12.1 Å². The Morgan fingerprint density at radius 1 is 1.36 bits per heavy atom. The molecule has 2 aliphatic carbocycles. The Morgan fingerprint density at radius 2 is 2.08 bits per heavy atom. The van der Waals surface area contributed by atoms with Crippen LogP contribution in [0.5, 0.6) is 0 Å². The van der Waals surface area contributed by atoms with E-state index in [9.17, 15) is 9.90 Å². The summed E-state index contributed by atoms with van der Waals surface area (Å²) in [6.07, 6.45) is 5.08. The molecule has 0 atom stereocenters. The number of carbonyl (C=O) groups is 1. The maximum atomic E-state index is 15.1. The van der Waals surface area contributed by atoms with Crippen LogP contribution in [-0.2, 0) is 4.79 Å². The van der Waals surface area contributed by atoms with Gasteiger partial charge in [-0.15, -0.1) is 0 Å². The van der Waals surface area contributed by atoms with Gasteiger partial charge in [0.1, 0.15) is 5.52 Å². The lowest BCUT2D eigenvalue weighted by atomic mass is 9.92. The van der Waals surface area contributed by atoms with E-state index in [1.54, 1.807) is 13.8 Å². The molecule has 1 aromatic heterocycles. The number of rotatable bonds is 5. The number of aromatic nitrogens is 2. The summed E-state index contributed by atoms with van der Waals surface area (Å²) >= 11 is 0. The van der Waals surface area contributed by atoms with Gasteiger partial charge in [-0.25, -0.2) is 9.37 Å². The molecule has 134 valence electrons. The molecule has 2 N–H and O–H groups in total. The maximum absolute atomic E-state index is 15.1. The van der Waals surface area contributed by atoms with Gasteiger partial charge in [0.2, 0.25) is 11.9 Å². The van der Waals surface area contributed by atoms with Crippen LogP contribution in [0.3, 0.4) is 0 Å². The fourth-order valence-corrected chi connectivity index (χ4v) is 3.52. The molecule has 5 nitrogen and oxygen atoms in total. The van der Waals surface area contributed by atoms with Crippen LogP contribution in [0.4, 0.5) is 10.3 Å². The number of nitrogens with zero attached hydrogens (tertiary/aromatic N) is 2. The smallest absolute Gasteiger partial charge is 0.229 e. The molecular weight excluding hydrogens is 321 g/mol. The first-order valence-corrected chi connectivity index (χ1v) is 9.06. The molecule has 6 heteroatoms. The quantitative estimate of drug-likeness (QED) is 0.864. The molecule has 0 saturated heterocycles. The number of amides is 1. The average molecular weight is 345 g/mol. The van der Waals surface area contributed by atoms with Gasteiger partial charge in [0.05, 0.1) is 17.5 Å². The highest BCUT2D eigenvalue weighted by molar-refractivity contribution is 5.92. The van der Waals surface area contributed by atoms with Gasteiger partial charge in [-0.2, -0.15) is 0 Å². The Hall–Kier alpha value is -1.95. The number of imidazole rings is 1. The van der Waals surface area contributed by atoms with Gasteiger partial charge in [0.25, 0.3) is 0 Å². The Morgan fingerprint density at radius 3 is 2.64 bits per heavy atom. The predicted octanol–water partition coefficient (Wildman–Crippen LogP) is 3.88. The Bertz CT molecular complexity index is 829. The first-order chi connectivity index (χ1) is 11.8. The number of anilines is 1. The van der Waals surface area contributed by atoms with Crippen LogP contribution in [0.25, 0.3) is 11.0 Å². The van der Waals surface area contributed by atoms with Gasteiger partial charge in [0, 0.05) is 6.04 Å². The third kappa shape index (κ3) is 3.15. The zero-order valence-corrected chi connectivity index (χ0v) is 14.7. The van der Waals surface area contributed by atoms with Gasteiger partial charge < -0.3 is 9.67 Å². The van der Waals surface area contributed by atoms with Crippen molar-refractivity contribution < 1.29 is 14.3 Å². The minimum Gasteiger partial charge on any atom is -0.390 e. The molecule has 0 radical (unpaired) electrons. The summed E-state index contributed by atoms with van der Waals surface area (Å²) in [5, 5.41) is 12.6. The van der Waals surface area contributed by atoms with Crippen LogP contribution >= 0.6 is 0 Å². The second kappa shape index (κ2) is 5.80. The second-order valence-corrected chi connectivity index (χ2v) is 8.04. The normalized spacial score (nSPS) is 18.4. The lowest BCUT2D eigenvalue weighted by molar-refractivity contribution is -0.119. The van der Waals surface area contributed by atoms with Gasteiger partial charge in [-0.3, -0.25) is 10.1 Å². The predicted molar refractivity (Wildman–Crippen MR) is 94.1 cm³/mol. The highest BCUT2D eigenvalue weighted by Crippen LogP contribution is 2.44. The summed E-state index contributed by atoms with van der Waals surface area (Å²) in [7, 11) is 0. The average Bonchev–Trinajstić information content (AvgIpc) is 3.20. The summed E-state index contributed by atoms with van der Waals surface area (Å²) in [6.45, 7) is 3.17. The molecule has 0 bridgehead atoms. The molecule has 2 saturated carbocycles. The first-order valence-electron chi connectivity index (χ1n) is 9.06. The zero-order valence-electron chi connectivity index (χ0n) is 14.7. The molecule has 0 aliphatic heterocycles. The molecule has 0 unspecified atom stereocenters. The summed E-state index contributed by atoms with van der Waals surface area (Å²) in [5.41, 5.74) is 0.754. The van der Waals surface area contributed by atoms with Crippen LogP contribution in [0, 0.1) is 5.82 Å². The third-order valence-corrected chi connectivity index (χ3v) is 5.12. The van der Waals surface area contributed by atoms with Gasteiger partial charge in [-0.1, -0.05) is 6.07 Å². The first kappa shape index (κ1) is 16.5. The fourth-order valence-electron chi connectivity index (χ4n) is 3.52. The van der Waals surface area contributed by atoms with E-state index in [0.717, 1.165) is 37.7 Å². The van der Waals surface area contributed by atoms with E-state index in [0.29, 0.717) is 22.9 Å². The molecular formula is C19H24FN3O2. The highest BCUT2D eigenvalue weighted by Gasteiger charge is 2.32. The van der Waals surface area contributed by atoms with Gasteiger partial charge >= 0.3 is 0 Å². The summed E-state index contributed by atoms with van der Waals surface area (Å²) in [5.74, 6) is 0.205. The number of carbonyl (C=O) groups excluding carboxylic acids is 1. The van der Waals surface area contributed by atoms with E-state index in [-0.39, 0.29) is 24.2 Å². The summed E-state index contributed by atoms with van der Waals surface area (Å²) < 4.78 is 17.0. The SMILES string of the molecule is CC(C)(O)CC(=O)Nc1nc2ccc(C3CC3)c(F)c2n1C1CCC1. The number of nitrogens with one attached hydrogen (secondary N) is 1. The van der Waals surface area contributed by atoms with Crippen LogP contribution in [-0.4, -0.2) is 26.2 Å². The number of hydrogen-bond acceptors (Lipinski definition) is 3. The van der Waals surface area contributed by atoms with Crippen molar-refractivity contribution in [3.05, 3.63) is 23.5 Å². The summed E-state index contributed by atoms with van der Waals surface area (Å²) in [6, 6.07) is 3.86. The minimum atomic E-state index is -1.10. The fraction of sp³-hybridized carbons (Fsp3) is 0.579. The molecule has 1 amide bonds. The monoisotopic (exact) mass is 345 g/mol. The number of benzene rings is 1. The molecule has 4 rings (SSSR count). The van der Waals surface area contributed by atoms with Crippen LogP contribution in [0.2, 0.25) is 0 Å². The van der Waals surface area contributed by atoms with Crippen molar-refractivity contribution in [1.29, 1.82) is 0 Å². The van der Waals surface area contributed by atoms with E-state index >= 15 is 4.39 Å². The van der Waals surface area contributed by atoms with Crippen LogP contribution < -0.4 is 5.32 Å². The van der Waals surface area contributed by atoms with Crippen molar-refractivity contribution in [3.63, 3.8) is 0 Å². The number of halogens is 1.